The lowest BCUT2D eigenvalue weighted by Crippen LogP contribution is -2.25. The van der Waals surface area contributed by atoms with E-state index in [0.29, 0.717) is 13.2 Å². The predicted octanol–water partition coefficient (Wildman–Crippen LogP) is 2.13. The van der Waals surface area contributed by atoms with Gasteiger partial charge >= 0.3 is 6.09 Å². The lowest BCUT2D eigenvalue weighted by Gasteiger charge is -2.03. The number of carbonyl (C=O) groups is 1. The fourth-order valence-electron chi connectivity index (χ4n) is 1.13. The quantitative estimate of drug-likeness (QED) is 0.785. The molecule has 0 aromatic carbocycles. The van der Waals surface area contributed by atoms with Crippen LogP contribution in [-0.4, -0.2) is 24.2 Å². The van der Waals surface area contributed by atoms with E-state index in [0.717, 1.165) is 23.5 Å². The molecule has 15 heavy (non-hydrogen) atoms. The largest absolute Gasteiger partial charge is 0.450 e. The van der Waals surface area contributed by atoms with E-state index in [1.54, 1.807) is 18.3 Å². The summed E-state index contributed by atoms with van der Waals surface area (Å²) >= 11 is 1.66. The summed E-state index contributed by atoms with van der Waals surface area (Å²) in [4.78, 5) is 15.3. The second kappa shape index (κ2) is 6.40. The number of hydrogen-bond donors (Lipinski definition) is 1. The number of amides is 1. The van der Waals surface area contributed by atoms with E-state index in [-0.39, 0.29) is 6.09 Å². The van der Waals surface area contributed by atoms with Gasteiger partial charge in [-0.2, -0.15) is 0 Å². The van der Waals surface area contributed by atoms with Crippen LogP contribution in [0.1, 0.15) is 24.0 Å². The van der Waals surface area contributed by atoms with Crippen molar-refractivity contribution in [1.29, 1.82) is 0 Å². The Hall–Kier alpha value is -1.10. The van der Waals surface area contributed by atoms with Gasteiger partial charge in [0, 0.05) is 24.0 Å². The van der Waals surface area contributed by atoms with Crippen molar-refractivity contribution < 1.29 is 9.53 Å². The van der Waals surface area contributed by atoms with Crippen LogP contribution in [0.3, 0.4) is 0 Å². The maximum absolute atomic E-state index is 10.9. The lowest BCUT2D eigenvalue weighted by molar-refractivity contribution is 0.152. The summed E-state index contributed by atoms with van der Waals surface area (Å²) in [5.41, 5.74) is 1.06. The summed E-state index contributed by atoms with van der Waals surface area (Å²) < 4.78 is 4.74. The number of hydrogen-bond acceptors (Lipinski definition) is 4. The van der Waals surface area contributed by atoms with E-state index < -0.39 is 0 Å². The number of nitrogens with one attached hydrogen (secondary N) is 1. The zero-order valence-corrected chi connectivity index (χ0v) is 9.89. The summed E-state index contributed by atoms with van der Waals surface area (Å²) in [6.07, 6.45) is 1.46. The number of carbonyl (C=O) groups excluding carboxylic acids is 1. The molecule has 1 amide bonds. The molecule has 0 spiro atoms. The van der Waals surface area contributed by atoms with Crippen molar-refractivity contribution >= 4 is 17.4 Å². The van der Waals surface area contributed by atoms with Crippen molar-refractivity contribution in [2.45, 2.75) is 26.7 Å². The average molecular weight is 228 g/mol. The Morgan fingerprint density at radius 2 is 2.47 bits per heavy atom. The molecule has 1 heterocycles. The molecule has 0 aliphatic carbocycles. The van der Waals surface area contributed by atoms with Gasteiger partial charge in [-0.25, -0.2) is 9.78 Å². The van der Waals surface area contributed by atoms with Crippen LogP contribution in [0.5, 0.6) is 0 Å². The molecule has 0 bridgehead atoms. The second-order valence-electron chi connectivity index (χ2n) is 3.13. The van der Waals surface area contributed by atoms with Gasteiger partial charge in [0.05, 0.1) is 11.6 Å². The SMILES string of the molecule is CCOC(=O)NCCCc1nc(C)cs1. The first-order chi connectivity index (χ1) is 7.22. The Morgan fingerprint density at radius 1 is 1.67 bits per heavy atom. The number of rotatable bonds is 5. The minimum atomic E-state index is -0.340. The highest BCUT2D eigenvalue weighted by molar-refractivity contribution is 7.09. The van der Waals surface area contributed by atoms with Crippen molar-refractivity contribution in [2.24, 2.45) is 0 Å². The van der Waals surface area contributed by atoms with Crippen molar-refractivity contribution in [3.05, 3.63) is 16.1 Å². The van der Waals surface area contributed by atoms with Gasteiger partial charge in [0.1, 0.15) is 0 Å². The van der Waals surface area contributed by atoms with Crippen LogP contribution in [0.25, 0.3) is 0 Å². The molecule has 0 aliphatic heterocycles. The second-order valence-corrected chi connectivity index (χ2v) is 4.08. The van der Waals surface area contributed by atoms with Gasteiger partial charge < -0.3 is 10.1 Å². The van der Waals surface area contributed by atoms with Crippen molar-refractivity contribution in [1.82, 2.24) is 10.3 Å². The summed E-state index contributed by atoms with van der Waals surface area (Å²) in [7, 11) is 0. The van der Waals surface area contributed by atoms with Crippen LogP contribution < -0.4 is 5.32 Å². The molecule has 1 aromatic heterocycles. The molecule has 1 N–H and O–H groups in total. The minimum Gasteiger partial charge on any atom is -0.450 e. The van der Waals surface area contributed by atoms with Gasteiger partial charge in [0.2, 0.25) is 0 Å². The third kappa shape index (κ3) is 4.78. The molecule has 0 aliphatic rings. The van der Waals surface area contributed by atoms with Gasteiger partial charge in [0.15, 0.2) is 0 Å². The monoisotopic (exact) mass is 228 g/mol. The fraction of sp³-hybridized carbons (Fsp3) is 0.600. The lowest BCUT2D eigenvalue weighted by atomic mass is 10.3. The van der Waals surface area contributed by atoms with Gasteiger partial charge in [-0.1, -0.05) is 0 Å². The first-order valence-electron chi connectivity index (χ1n) is 5.04. The molecule has 0 unspecified atom stereocenters. The highest BCUT2D eigenvalue weighted by atomic mass is 32.1. The van der Waals surface area contributed by atoms with Gasteiger partial charge in [-0.3, -0.25) is 0 Å². The molecular formula is C10H16N2O2S. The zero-order valence-electron chi connectivity index (χ0n) is 9.08. The van der Waals surface area contributed by atoms with E-state index in [9.17, 15) is 4.79 Å². The molecule has 5 heteroatoms. The summed E-state index contributed by atoms with van der Waals surface area (Å²) in [6.45, 7) is 4.82. The van der Waals surface area contributed by atoms with Crippen molar-refractivity contribution in [2.75, 3.05) is 13.2 Å². The van der Waals surface area contributed by atoms with Crippen molar-refractivity contribution in [3.8, 4) is 0 Å². The Morgan fingerprint density at radius 3 is 3.07 bits per heavy atom. The number of ether oxygens (including phenoxy) is 1. The summed E-state index contributed by atoms with van der Waals surface area (Å²) in [5, 5.41) is 5.84. The third-order valence-electron chi connectivity index (χ3n) is 1.78. The van der Waals surface area contributed by atoms with Crippen LogP contribution in [0.15, 0.2) is 5.38 Å². The number of aryl methyl sites for hydroxylation is 2. The molecule has 84 valence electrons. The molecule has 4 nitrogen and oxygen atoms in total. The first-order valence-corrected chi connectivity index (χ1v) is 5.92. The van der Waals surface area contributed by atoms with Gasteiger partial charge in [-0.05, 0) is 20.3 Å². The first kappa shape index (κ1) is 12.0. The predicted molar refractivity (Wildman–Crippen MR) is 60.2 cm³/mol. The standard InChI is InChI=1S/C10H16N2O2S/c1-3-14-10(13)11-6-4-5-9-12-8(2)7-15-9/h7H,3-6H2,1-2H3,(H,11,13). The van der Waals surface area contributed by atoms with E-state index >= 15 is 0 Å². The van der Waals surface area contributed by atoms with Crippen LogP contribution >= 0.6 is 11.3 Å². The van der Waals surface area contributed by atoms with Gasteiger partial charge in [-0.15, -0.1) is 11.3 Å². The van der Waals surface area contributed by atoms with Gasteiger partial charge in [0.25, 0.3) is 0 Å². The van der Waals surface area contributed by atoms with Crippen LogP contribution in [0, 0.1) is 6.92 Å². The van der Waals surface area contributed by atoms with E-state index in [2.05, 4.69) is 10.3 Å². The number of nitrogens with zero attached hydrogens (tertiary/aromatic N) is 1. The Kier molecular flexibility index (Phi) is 5.10. The van der Waals surface area contributed by atoms with E-state index in [1.807, 2.05) is 12.3 Å². The molecule has 1 rings (SSSR count). The van der Waals surface area contributed by atoms with Crippen LogP contribution in [-0.2, 0) is 11.2 Å². The number of alkyl carbamates (subject to hydrolysis) is 1. The van der Waals surface area contributed by atoms with Crippen LogP contribution in [0.4, 0.5) is 4.79 Å². The maximum Gasteiger partial charge on any atom is 0.407 e. The maximum atomic E-state index is 10.9. The Balaban J connectivity index is 2.09. The Bertz CT molecular complexity index is 312. The molecule has 0 fully saturated rings. The highest BCUT2D eigenvalue weighted by Gasteiger charge is 2.01. The number of thiazole rings is 1. The fourth-order valence-corrected chi connectivity index (χ4v) is 1.95. The average Bonchev–Trinajstić information content (AvgIpc) is 2.60. The van der Waals surface area contributed by atoms with Crippen molar-refractivity contribution in [3.63, 3.8) is 0 Å². The van der Waals surface area contributed by atoms with E-state index in [1.165, 1.54) is 0 Å². The molecule has 0 saturated carbocycles. The minimum absolute atomic E-state index is 0.340. The van der Waals surface area contributed by atoms with Crippen LogP contribution in [0.2, 0.25) is 0 Å². The smallest absolute Gasteiger partial charge is 0.407 e. The molecule has 0 saturated heterocycles. The Labute approximate surface area is 93.7 Å². The molecule has 0 radical (unpaired) electrons. The number of aromatic nitrogens is 1. The van der Waals surface area contributed by atoms with E-state index in [4.69, 9.17) is 4.74 Å². The highest BCUT2D eigenvalue weighted by Crippen LogP contribution is 2.10. The topological polar surface area (TPSA) is 51.2 Å². The molecule has 0 atom stereocenters. The summed E-state index contributed by atoms with van der Waals surface area (Å²) in [5.74, 6) is 0. The molecular weight excluding hydrogens is 212 g/mol. The normalized spacial score (nSPS) is 10.0. The third-order valence-corrected chi connectivity index (χ3v) is 2.81. The summed E-state index contributed by atoms with van der Waals surface area (Å²) in [6, 6.07) is 0. The molecule has 1 aromatic rings. The zero-order chi connectivity index (χ0) is 11.1.